The summed E-state index contributed by atoms with van der Waals surface area (Å²) in [4.78, 5) is 250. The molecule has 0 aliphatic carbocycles. The van der Waals surface area contributed by atoms with Crippen LogP contribution in [0.2, 0.25) is 0 Å². The van der Waals surface area contributed by atoms with Crippen LogP contribution in [0.25, 0.3) is 32.3 Å². The molecule has 6 aromatic carbocycles. The number of nitrogens with one attached hydrogen (secondary N) is 6. The van der Waals surface area contributed by atoms with Gasteiger partial charge in [0.2, 0.25) is 70.8 Å². The molecular weight excluding hydrogens is 1820 g/mol. The van der Waals surface area contributed by atoms with Crippen molar-refractivity contribution in [3.05, 3.63) is 127 Å². The first kappa shape index (κ1) is 109. The average Bonchev–Trinajstić information content (AvgIpc) is 1.60. The molecule has 6 aromatic rings. The highest BCUT2D eigenvalue weighted by Crippen LogP contribution is 2.45. The van der Waals surface area contributed by atoms with E-state index >= 15 is 9.59 Å². The molecule has 15 amide bonds. The minimum absolute atomic E-state index is 0.0955. The lowest BCUT2D eigenvalue weighted by Crippen LogP contribution is -2.60. The fraction of sp³-hybridized carbons (Fsp3) is 0.557. The second kappa shape index (κ2) is 43.7. The molecule has 0 bridgehead atoms. The maximum Gasteiger partial charge on any atom is 0.410 e. The summed E-state index contributed by atoms with van der Waals surface area (Å²) in [5, 5.41) is 22.5. The summed E-state index contributed by atoms with van der Waals surface area (Å²) < 4.78 is 16.4. The van der Waals surface area contributed by atoms with E-state index in [-0.39, 0.29) is 82.0 Å². The largest absolute Gasteiger partial charge is 0.444 e. The van der Waals surface area contributed by atoms with Crippen molar-refractivity contribution in [1.29, 1.82) is 0 Å². The number of ketones is 2. The van der Waals surface area contributed by atoms with Gasteiger partial charge < -0.3 is 86.1 Å². The number of amides is 15. The summed E-state index contributed by atoms with van der Waals surface area (Å²) in [5.74, 6) is -11.3. The number of anilines is 3. The van der Waals surface area contributed by atoms with Crippen LogP contribution in [0, 0.1) is 39.9 Å². The Morgan fingerprint density at radius 1 is 0.380 bits per heavy atom. The van der Waals surface area contributed by atoms with Gasteiger partial charge in [-0.2, -0.15) is 0 Å². The number of likely N-dealkylation sites (tertiary alicyclic amines) is 6. The van der Waals surface area contributed by atoms with E-state index in [1.807, 2.05) is 145 Å². The van der Waals surface area contributed by atoms with Crippen LogP contribution in [0.15, 0.2) is 127 Å². The third-order valence-electron chi connectivity index (χ3n) is 27.8. The molecular formula is C106H144N16O20. The summed E-state index contributed by atoms with van der Waals surface area (Å²) in [7, 11) is 4.35. The van der Waals surface area contributed by atoms with Crippen LogP contribution in [-0.2, 0) is 81.3 Å². The van der Waals surface area contributed by atoms with Gasteiger partial charge in [-0.05, 0) is 153 Å². The zero-order chi connectivity index (χ0) is 105. The van der Waals surface area contributed by atoms with Gasteiger partial charge in [-0.25, -0.2) is 14.4 Å². The standard InChI is InChI=1S/C72H96N10O14.C34H48N6O6/c1-41(77(15)67(93)95-71(9,10)11)55(84)37-49(69(3,4)5)65(91)79-35-33-53-58(79)48(63(89)75-51-30-22-26-44-24-18-20-28-46(44)51)40-82(53)57(86)38-73-64(90)54(83)31-32-56(85)81-39-47(62(88)74-50-29-21-25-43-23-17-19-27-45(43)50)59-52(81)34-36-80(59)66(92)60(70(6,7)8)76-61(87)42(2)78(16)68(94)96-72(12,13)14;1-20(38(8)32(45)46-34(5,6)7)29(42)37-28(33(2,3)4)31(44)39-17-16-25-27(39)23(19-40(25)26(41)18-35)30(43)36-24-15-11-13-21-12-9-10-14-22(21)24/h17-30,41-42,47-49,52-53,58-60H,31-40H2,1-16H3,(H,73,90)(H,74,88)(H,75,89)(H,76,87);9-15,20,23,25,27-28H,16-19,35H2,1-8H3,(H,36,43)(H,37,42)/t41-,42-,47-,48-,49+,52+,53+,58+,59+,60+;20-,23-,25+,27+,28+/m00/s1. The molecule has 0 unspecified atom stereocenters. The molecule has 6 saturated heterocycles. The number of Topliss-reactive ketones (excluding diaryl/α,β-unsaturated/α-hetero) is 2. The van der Waals surface area contributed by atoms with Gasteiger partial charge in [0.05, 0.1) is 73.1 Å². The molecule has 6 aliphatic heterocycles. The first-order valence-electron chi connectivity index (χ1n) is 48.9. The quantitative estimate of drug-likeness (QED) is 0.0196. The van der Waals surface area contributed by atoms with Crippen LogP contribution in [-0.4, -0.2) is 302 Å². The number of fused-ring (bicyclic) bond motifs is 6. The number of hydrogen-bond donors (Lipinski definition) is 7. The molecule has 142 heavy (non-hydrogen) atoms. The van der Waals surface area contributed by atoms with E-state index in [0.29, 0.717) is 30.0 Å². The number of benzene rings is 6. The molecule has 6 aliphatic rings. The van der Waals surface area contributed by atoms with Crippen molar-refractivity contribution in [3.8, 4) is 0 Å². The number of ether oxygens (including phenoxy) is 3. The number of likely N-dealkylation sites (N-methyl/N-ethyl adjacent to an activating group) is 3. The van der Waals surface area contributed by atoms with Crippen molar-refractivity contribution in [3.63, 3.8) is 0 Å². The van der Waals surface area contributed by atoms with Gasteiger partial charge in [-0.15, -0.1) is 0 Å². The zero-order valence-corrected chi connectivity index (χ0v) is 86.5. The first-order valence-corrected chi connectivity index (χ1v) is 48.9. The SMILES string of the molecule is C[C@@H](C(=O)C[C@H](C(=O)N1CC[C@@H]2[C@H]1[C@@H](C(=O)Nc1cccc3ccccc13)CN2C(=O)CNC(=O)C(=O)CCC(=O)N1C[C@H](C(=O)Nc2cccc3ccccc23)[C@@H]2[C@H]1CCN2C(=O)[C@@H](NC(=O)[C@H](C)N(C)C(=O)OC(C)(C)C)C(C)(C)C)C(C)(C)C)N(C)C(=O)OC(C)(C)C.C[C@@H](C(=O)N[C@H](C(=O)N1CC[C@@H]2[C@H]1[C@@H](C(=O)Nc1cccc3ccccc13)CN2C(=O)CN)C(C)(C)C)N(C)C(=O)OC(C)(C)C. The van der Waals surface area contributed by atoms with E-state index in [1.54, 1.807) is 136 Å². The van der Waals surface area contributed by atoms with Gasteiger partial charge in [0.25, 0.3) is 5.91 Å². The van der Waals surface area contributed by atoms with Gasteiger partial charge in [-0.1, -0.05) is 172 Å². The van der Waals surface area contributed by atoms with Crippen molar-refractivity contribution >= 4 is 150 Å². The first-order chi connectivity index (χ1) is 66.2. The Kier molecular flexibility index (Phi) is 33.7. The van der Waals surface area contributed by atoms with Crippen molar-refractivity contribution in [1.82, 2.24) is 60.0 Å². The maximum atomic E-state index is 15.1. The molecule has 0 saturated carbocycles. The van der Waals surface area contributed by atoms with E-state index in [4.69, 9.17) is 19.9 Å². The van der Waals surface area contributed by atoms with Crippen LogP contribution in [0.5, 0.6) is 0 Å². The molecule has 6 heterocycles. The minimum Gasteiger partial charge on any atom is -0.444 e. The van der Waals surface area contributed by atoms with Crippen LogP contribution >= 0.6 is 0 Å². The van der Waals surface area contributed by atoms with Gasteiger partial charge in [0.1, 0.15) is 41.0 Å². The van der Waals surface area contributed by atoms with E-state index < -0.39 is 220 Å². The van der Waals surface area contributed by atoms with Crippen LogP contribution < -0.4 is 37.6 Å². The molecule has 0 spiro atoms. The zero-order valence-electron chi connectivity index (χ0n) is 86.5. The Balaban J connectivity index is 0.000000348. The molecule has 6 fully saturated rings. The summed E-state index contributed by atoms with van der Waals surface area (Å²) in [5.41, 5.74) is 2.60. The highest BCUT2D eigenvalue weighted by atomic mass is 16.6. The lowest BCUT2D eigenvalue weighted by Gasteiger charge is -2.37. The molecule has 768 valence electrons. The number of nitrogens with two attached hydrogens (primary N) is 1. The summed E-state index contributed by atoms with van der Waals surface area (Å²) in [6, 6.07) is 30.0. The third kappa shape index (κ3) is 25.3. The van der Waals surface area contributed by atoms with Crippen LogP contribution in [0.4, 0.5) is 31.4 Å². The highest BCUT2D eigenvalue weighted by molar-refractivity contribution is 6.36. The summed E-state index contributed by atoms with van der Waals surface area (Å²) >= 11 is 0. The normalized spacial score (nSPS) is 20.8. The summed E-state index contributed by atoms with van der Waals surface area (Å²) in [6.45, 7) is 35.9. The molecule has 15 atom stereocenters. The van der Waals surface area contributed by atoms with E-state index in [1.165, 1.54) is 52.6 Å². The number of rotatable bonds is 26. The Bertz CT molecular complexity index is 5570. The molecule has 0 radical (unpaired) electrons. The molecule has 36 nitrogen and oxygen atoms in total. The fourth-order valence-electron chi connectivity index (χ4n) is 19.7. The Morgan fingerprint density at radius 3 is 1.01 bits per heavy atom. The number of nitrogens with zero attached hydrogens (tertiary/aromatic N) is 9. The second-order valence-electron chi connectivity index (χ2n) is 44.5. The van der Waals surface area contributed by atoms with Crippen molar-refractivity contribution in [2.75, 3.05) is 89.5 Å². The lowest BCUT2D eigenvalue weighted by atomic mass is 9.76. The second-order valence-corrected chi connectivity index (χ2v) is 44.5. The van der Waals surface area contributed by atoms with Crippen LogP contribution in [0.3, 0.4) is 0 Å². The van der Waals surface area contributed by atoms with Crippen molar-refractivity contribution in [2.45, 2.75) is 267 Å². The Hall–Kier alpha value is -13.2. The monoisotopic (exact) mass is 1960 g/mol. The van der Waals surface area contributed by atoms with Crippen molar-refractivity contribution < 1.29 is 95.7 Å². The van der Waals surface area contributed by atoms with Gasteiger partial charge in [-0.3, -0.25) is 76.9 Å². The van der Waals surface area contributed by atoms with Crippen LogP contribution in [0.1, 0.15) is 184 Å². The average molecular weight is 1960 g/mol. The Morgan fingerprint density at radius 2 is 0.690 bits per heavy atom. The van der Waals surface area contributed by atoms with Crippen molar-refractivity contribution in [2.24, 2.45) is 45.7 Å². The Labute approximate surface area is 831 Å². The predicted octanol–water partition coefficient (Wildman–Crippen LogP) is 10.5. The van der Waals surface area contributed by atoms with E-state index in [0.717, 1.165) is 37.2 Å². The molecule has 8 N–H and O–H groups in total. The van der Waals surface area contributed by atoms with Gasteiger partial charge in [0, 0.05) is 119 Å². The van der Waals surface area contributed by atoms with Gasteiger partial charge >= 0.3 is 18.3 Å². The van der Waals surface area contributed by atoms with Gasteiger partial charge in [0.15, 0.2) is 5.78 Å². The molecule has 0 aromatic heterocycles. The highest BCUT2D eigenvalue weighted by Gasteiger charge is 2.60. The van der Waals surface area contributed by atoms with E-state index in [2.05, 4.69) is 31.9 Å². The number of carbonyl (C=O) groups is 17. The number of carbonyl (C=O) groups excluding carboxylic acids is 17. The summed E-state index contributed by atoms with van der Waals surface area (Å²) in [6.07, 6.45) is -2.43. The maximum absolute atomic E-state index is 15.1. The lowest BCUT2D eigenvalue weighted by molar-refractivity contribution is -0.144. The smallest absolute Gasteiger partial charge is 0.410 e. The van der Waals surface area contributed by atoms with E-state index in [9.17, 15) is 71.9 Å². The fourth-order valence-corrected chi connectivity index (χ4v) is 19.7. The predicted molar refractivity (Wildman–Crippen MR) is 537 cm³/mol. The molecule has 12 rings (SSSR count). The minimum atomic E-state index is -1.16. The third-order valence-corrected chi connectivity index (χ3v) is 27.8. The molecule has 36 heteroatoms. The number of hydrogen-bond acceptors (Lipinski definition) is 21. The topological polar surface area (TPSA) is 445 Å².